The number of carbonyl (C=O) groups is 1. The van der Waals surface area contributed by atoms with Crippen molar-refractivity contribution < 1.29 is 14.3 Å². The summed E-state index contributed by atoms with van der Waals surface area (Å²) in [4.78, 5) is 36.9. The van der Waals surface area contributed by atoms with Gasteiger partial charge in [0.2, 0.25) is 0 Å². The number of rotatable bonds is 4. The Labute approximate surface area is 157 Å². The lowest BCUT2D eigenvalue weighted by Crippen LogP contribution is -2.43. The molecular formula is C19H25N3O5. The molecular weight excluding hydrogens is 350 g/mol. The van der Waals surface area contributed by atoms with E-state index in [1.165, 1.54) is 11.7 Å². The van der Waals surface area contributed by atoms with Crippen molar-refractivity contribution in [1.82, 2.24) is 9.13 Å². The van der Waals surface area contributed by atoms with E-state index in [1.54, 1.807) is 31.3 Å². The summed E-state index contributed by atoms with van der Waals surface area (Å²) >= 11 is 0. The van der Waals surface area contributed by atoms with Gasteiger partial charge in [0.15, 0.2) is 0 Å². The van der Waals surface area contributed by atoms with Gasteiger partial charge in [-0.2, -0.15) is 0 Å². The summed E-state index contributed by atoms with van der Waals surface area (Å²) in [5, 5.41) is 0. The minimum Gasteiger partial charge on any atom is -0.468 e. The van der Waals surface area contributed by atoms with Crippen LogP contribution in [-0.2, 0) is 40.8 Å². The van der Waals surface area contributed by atoms with Crippen molar-refractivity contribution >= 4 is 5.97 Å². The highest BCUT2D eigenvalue weighted by molar-refractivity contribution is 5.75. The van der Waals surface area contributed by atoms with Crippen LogP contribution in [0.15, 0.2) is 33.9 Å². The van der Waals surface area contributed by atoms with Crippen LogP contribution in [-0.4, -0.2) is 34.9 Å². The van der Waals surface area contributed by atoms with Gasteiger partial charge in [-0.05, 0) is 24.1 Å². The third-order valence-electron chi connectivity index (χ3n) is 4.58. The van der Waals surface area contributed by atoms with Crippen molar-refractivity contribution in [3.05, 3.63) is 61.9 Å². The van der Waals surface area contributed by atoms with Crippen molar-refractivity contribution in [3.63, 3.8) is 0 Å². The van der Waals surface area contributed by atoms with E-state index < -0.39 is 17.7 Å². The Morgan fingerprint density at radius 3 is 2.59 bits per heavy atom. The molecule has 0 saturated carbocycles. The maximum Gasteiger partial charge on any atom is 0.335 e. The van der Waals surface area contributed by atoms with E-state index in [2.05, 4.69) is 4.74 Å². The van der Waals surface area contributed by atoms with Gasteiger partial charge in [-0.3, -0.25) is 14.2 Å². The highest BCUT2D eigenvalue weighted by Gasteiger charge is 2.21. The molecule has 8 heteroatoms. The monoisotopic (exact) mass is 375 g/mol. The van der Waals surface area contributed by atoms with E-state index >= 15 is 0 Å². The lowest BCUT2D eigenvalue weighted by Gasteiger charge is -2.20. The molecule has 0 aliphatic carbocycles. The molecule has 0 unspecified atom stereocenters. The second-order valence-corrected chi connectivity index (χ2v) is 6.21. The summed E-state index contributed by atoms with van der Waals surface area (Å²) in [6.07, 6.45) is 0.787. The van der Waals surface area contributed by atoms with E-state index in [-0.39, 0.29) is 19.6 Å². The Morgan fingerprint density at radius 2 is 1.96 bits per heavy atom. The number of hydrogen-bond donors (Lipinski definition) is 1. The summed E-state index contributed by atoms with van der Waals surface area (Å²) in [6.45, 7) is 0.728. The largest absolute Gasteiger partial charge is 0.468 e. The van der Waals surface area contributed by atoms with Gasteiger partial charge in [-0.15, -0.1) is 0 Å². The third-order valence-corrected chi connectivity index (χ3v) is 4.58. The van der Waals surface area contributed by atoms with Gasteiger partial charge in [-0.25, -0.2) is 9.36 Å². The van der Waals surface area contributed by atoms with Gasteiger partial charge in [-0.1, -0.05) is 19.6 Å². The number of methoxy groups -OCH3 is 1. The van der Waals surface area contributed by atoms with E-state index in [4.69, 9.17) is 10.5 Å². The van der Waals surface area contributed by atoms with Crippen LogP contribution in [0.1, 0.15) is 24.2 Å². The van der Waals surface area contributed by atoms with E-state index in [9.17, 15) is 14.4 Å². The van der Waals surface area contributed by atoms with Gasteiger partial charge in [0.05, 0.1) is 31.7 Å². The number of nitrogens with zero attached hydrogens (tertiary/aromatic N) is 2. The fraction of sp³-hybridized carbons (Fsp3) is 0.421. The van der Waals surface area contributed by atoms with Crippen molar-refractivity contribution in [3.8, 4) is 5.69 Å². The average molecular weight is 375 g/mol. The molecule has 2 N–H and O–H groups in total. The molecule has 1 aromatic heterocycles. The Bertz CT molecular complexity index is 944. The Kier molecular flexibility index (Phi) is 6.35. The maximum atomic E-state index is 12.8. The zero-order valence-corrected chi connectivity index (χ0v) is 14.7. The number of nitrogens with two attached hydrogens (primary N) is 1. The number of aromatic nitrogens is 2. The summed E-state index contributed by atoms with van der Waals surface area (Å²) in [7, 11) is 2.92. The van der Waals surface area contributed by atoms with Crippen LogP contribution < -0.4 is 17.0 Å². The lowest BCUT2D eigenvalue weighted by atomic mass is 10.1. The first-order valence-corrected chi connectivity index (χ1v) is 8.28. The summed E-state index contributed by atoms with van der Waals surface area (Å²) in [5.41, 5.74) is 7.54. The zero-order chi connectivity index (χ0) is 18.8. The predicted octanol–water partition coefficient (Wildman–Crippen LogP) is 0.288. The fourth-order valence-electron chi connectivity index (χ4n) is 3.09. The molecule has 0 saturated heterocycles. The molecule has 1 aromatic carbocycles. The minimum atomic E-state index is -0.759. The topological polar surface area (TPSA) is 106 Å². The van der Waals surface area contributed by atoms with E-state index in [1.807, 2.05) is 0 Å². The molecule has 27 heavy (non-hydrogen) atoms. The molecule has 0 spiro atoms. The first kappa shape index (κ1) is 20.6. The molecule has 3 rings (SSSR count). The van der Waals surface area contributed by atoms with E-state index in [0.717, 1.165) is 10.1 Å². The summed E-state index contributed by atoms with van der Waals surface area (Å²) < 4.78 is 12.6. The van der Waals surface area contributed by atoms with Gasteiger partial charge in [0.1, 0.15) is 6.04 Å². The van der Waals surface area contributed by atoms with Crippen LogP contribution in [0.25, 0.3) is 5.69 Å². The van der Waals surface area contributed by atoms with Crippen LogP contribution in [0, 0.1) is 0 Å². The number of benzene rings is 1. The Hall–Kier alpha value is -2.71. The highest BCUT2D eigenvalue weighted by atomic mass is 16.5. The van der Waals surface area contributed by atoms with Crippen molar-refractivity contribution in [2.75, 3.05) is 13.7 Å². The van der Waals surface area contributed by atoms with Crippen molar-refractivity contribution in [1.29, 1.82) is 0 Å². The predicted molar refractivity (Wildman–Crippen MR) is 101 cm³/mol. The molecule has 146 valence electrons. The normalized spacial score (nSPS) is 14.0. The molecule has 2 heterocycles. The number of esters is 1. The minimum absolute atomic E-state index is 0. The maximum absolute atomic E-state index is 12.8. The molecule has 1 atom stereocenters. The molecule has 0 bridgehead atoms. The summed E-state index contributed by atoms with van der Waals surface area (Å²) in [6, 6.07) is 6.08. The first-order valence-electron chi connectivity index (χ1n) is 8.28. The van der Waals surface area contributed by atoms with Crippen LogP contribution in [0.4, 0.5) is 0 Å². The van der Waals surface area contributed by atoms with Crippen LogP contribution in [0.3, 0.4) is 0 Å². The first-order chi connectivity index (χ1) is 12.4. The third kappa shape index (κ3) is 3.86. The lowest BCUT2D eigenvalue weighted by molar-refractivity contribution is -0.142. The van der Waals surface area contributed by atoms with Gasteiger partial charge in [0, 0.05) is 19.0 Å². The highest BCUT2D eigenvalue weighted by Crippen LogP contribution is 2.13. The van der Waals surface area contributed by atoms with Gasteiger partial charge < -0.3 is 15.2 Å². The van der Waals surface area contributed by atoms with Crippen LogP contribution in [0.2, 0.25) is 0 Å². The quantitative estimate of drug-likeness (QED) is 0.770. The number of hydrogen-bond acceptors (Lipinski definition) is 6. The smallest absolute Gasteiger partial charge is 0.335 e. The SMILES string of the molecule is C.COC(=O)[C@@H](N)Cc1ccc(-n2c(=O)c3c(n(C)c2=O)COCC3)cc1. The second kappa shape index (κ2) is 8.32. The van der Waals surface area contributed by atoms with Gasteiger partial charge >= 0.3 is 11.7 Å². The second-order valence-electron chi connectivity index (χ2n) is 6.21. The molecule has 0 radical (unpaired) electrons. The molecule has 0 fully saturated rings. The Balaban J connectivity index is 0.00000261. The number of carbonyl (C=O) groups excluding carboxylic acids is 1. The number of ether oxygens (including phenoxy) is 2. The molecule has 2 aromatic rings. The standard InChI is InChI=1S/C18H21N3O5.CH4/c1-20-15-10-26-8-7-13(15)16(22)21(18(20)24)12-5-3-11(4-6-12)9-14(19)17(23)25-2;/h3-6,14H,7-10,19H2,1-2H3;1H4/t14-;/m0./s1. The molecule has 8 nitrogen and oxygen atoms in total. The zero-order valence-electron chi connectivity index (χ0n) is 14.7. The Morgan fingerprint density at radius 1 is 1.30 bits per heavy atom. The van der Waals surface area contributed by atoms with Crippen molar-refractivity contribution in [2.24, 2.45) is 12.8 Å². The molecule has 1 aliphatic heterocycles. The molecule has 0 amide bonds. The average Bonchev–Trinajstić information content (AvgIpc) is 2.67. The van der Waals surface area contributed by atoms with Crippen LogP contribution in [0.5, 0.6) is 0 Å². The van der Waals surface area contributed by atoms with E-state index in [0.29, 0.717) is 36.4 Å². The number of fused-ring (bicyclic) bond motifs is 1. The fourth-order valence-corrected chi connectivity index (χ4v) is 3.09. The van der Waals surface area contributed by atoms with Crippen molar-refractivity contribution in [2.45, 2.75) is 32.9 Å². The summed E-state index contributed by atoms with van der Waals surface area (Å²) in [5.74, 6) is -0.490. The van der Waals surface area contributed by atoms with Gasteiger partial charge in [0.25, 0.3) is 5.56 Å². The van der Waals surface area contributed by atoms with Crippen LogP contribution >= 0.6 is 0 Å². The molecule has 1 aliphatic rings.